The maximum Gasteiger partial charge on any atom is 0.254 e. The summed E-state index contributed by atoms with van der Waals surface area (Å²) < 4.78 is 0. The highest BCUT2D eigenvalue weighted by Crippen LogP contribution is 2.29. The highest BCUT2D eigenvalue weighted by Gasteiger charge is 2.22. The number of hydrogen-bond acceptors (Lipinski definition) is 2. The van der Waals surface area contributed by atoms with E-state index in [1.54, 1.807) is 6.20 Å². The predicted molar refractivity (Wildman–Crippen MR) is 62.2 cm³/mol. The molecule has 1 fully saturated rings. The van der Waals surface area contributed by atoms with Gasteiger partial charge in [-0.3, -0.25) is 9.89 Å². The van der Waals surface area contributed by atoms with Gasteiger partial charge in [0.15, 0.2) is 0 Å². The average Bonchev–Trinajstić information content (AvgIpc) is 2.84. The van der Waals surface area contributed by atoms with E-state index < -0.39 is 0 Å². The lowest BCUT2D eigenvalue weighted by molar-refractivity contribution is 0.0946. The first-order chi connectivity index (χ1) is 7.66. The fraction of sp³-hybridized carbons (Fsp3) is 0.667. The monoisotopic (exact) mass is 221 g/mol. The Morgan fingerprint density at radius 2 is 2.44 bits per heavy atom. The summed E-state index contributed by atoms with van der Waals surface area (Å²) in [6, 6.07) is 0. The molecule has 2 unspecified atom stereocenters. The third-order valence-electron chi connectivity index (χ3n) is 3.43. The topological polar surface area (TPSA) is 57.8 Å². The van der Waals surface area contributed by atoms with E-state index in [1.165, 1.54) is 19.3 Å². The Kier molecular flexibility index (Phi) is 3.27. The van der Waals surface area contributed by atoms with Crippen LogP contribution >= 0.6 is 0 Å². The summed E-state index contributed by atoms with van der Waals surface area (Å²) in [5.74, 6) is 1.47. The largest absolute Gasteiger partial charge is 0.352 e. The van der Waals surface area contributed by atoms with E-state index >= 15 is 0 Å². The first-order valence-electron chi connectivity index (χ1n) is 5.95. The molecule has 1 aliphatic carbocycles. The zero-order valence-corrected chi connectivity index (χ0v) is 9.92. The summed E-state index contributed by atoms with van der Waals surface area (Å²) in [5.41, 5.74) is 1.49. The van der Waals surface area contributed by atoms with Crippen molar-refractivity contribution in [2.75, 3.05) is 6.54 Å². The lowest BCUT2D eigenvalue weighted by atomic mass is 10.1. The van der Waals surface area contributed by atoms with Gasteiger partial charge in [-0.15, -0.1) is 0 Å². The lowest BCUT2D eigenvalue weighted by Gasteiger charge is -2.10. The second kappa shape index (κ2) is 4.68. The van der Waals surface area contributed by atoms with Crippen molar-refractivity contribution in [3.63, 3.8) is 0 Å². The lowest BCUT2D eigenvalue weighted by Crippen LogP contribution is -2.28. The number of rotatable bonds is 3. The Bertz CT molecular complexity index is 372. The molecule has 0 spiro atoms. The summed E-state index contributed by atoms with van der Waals surface area (Å²) in [4.78, 5) is 11.8. The number of aromatic nitrogens is 2. The minimum absolute atomic E-state index is 0.00852. The maximum absolute atomic E-state index is 11.8. The van der Waals surface area contributed by atoms with Crippen LogP contribution in [0.4, 0.5) is 0 Å². The molecular weight excluding hydrogens is 202 g/mol. The summed E-state index contributed by atoms with van der Waals surface area (Å²) in [5, 5.41) is 9.61. The average molecular weight is 221 g/mol. The standard InChI is InChI=1S/C12H19N3O/c1-8-3-4-10(5-8)6-13-12(16)11-7-14-15-9(11)2/h7-8,10H,3-6H2,1-2H3,(H,13,16)(H,14,15). The molecule has 1 saturated carbocycles. The second-order valence-electron chi connectivity index (χ2n) is 4.90. The fourth-order valence-corrected chi connectivity index (χ4v) is 2.42. The van der Waals surface area contributed by atoms with Gasteiger partial charge in [0.2, 0.25) is 0 Å². The van der Waals surface area contributed by atoms with Crippen molar-refractivity contribution in [3.8, 4) is 0 Å². The summed E-state index contributed by atoms with van der Waals surface area (Å²) in [7, 11) is 0. The van der Waals surface area contributed by atoms with E-state index in [-0.39, 0.29) is 5.91 Å². The van der Waals surface area contributed by atoms with Gasteiger partial charge in [-0.05, 0) is 31.6 Å². The van der Waals surface area contributed by atoms with Crippen molar-refractivity contribution in [3.05, 3.63) is 17.5 Å². The third kappa shape index (κ3) is 2.43. The quantitative estimate of drug-likeness (QED) is 0.818. The van der Waals surface area contributed by atoms with Crippen LogP contribution in [0.1, 0.15) is 42.2 Å². The first-order valence-corrected chi connectivity index (χ1v) is 5.95. The first kappa shape index (κ1) is 11.2. The molecule has 16 heavy (non-hydrogen) atoms. The highest BCUT2D eigenvalue weighted by atomic mass is 16.1. The number of carbonyl (C=O) groups excluding carboxylic acids is 1. The Labute approximate surface area is 95.8 Å². The van der Waals surface area contributed by atoms with E-state index in [2.05, 4.69) is 22.4 Å². The number of nitrogens with zero attached hydrogens (tertiary/aromatic N) is 1. The van der Waals surface area contributed by atoms with E-state index in [0.717, 1.165) is 18.2 Å². The molecule has 88 valence electrons. The van der Waals surface area contributed by atoms with Gasteiger partial charge in [-0.25, -0.2) is 0 Å². The minimum atomic E-state index is -0.00852. The van der Waals surface area contributed by atoms with Crippen LogP contribution in [0.3, 0.4) is 0 Å². The molecule has 4 heteroatoms. The van der Waals surface area contributed by atoms with Gasteiger partial charge in [-0.1, -0.05) is 13.3 Å². The molecule has 2 N–H and O–H groups in total. The van der Waals surface area contributed by atoms with E-state index in [4.69, 9.17) is 0 Å². The molecule has 0 saturated heterocycles. The molecule has 1 aliphatic rings. The highest BCUT2D eigenvalue weighted by molar-refractivity contribution is 5.94. The van der Waals surface area contributed by atoms with Crippen molar-refractivity contribution in [2.45, 2.75) is 33.1 Å². The van der Waals surface area contributed by atoms with Crippen LogP contribution in [0.15, 0.2) is 6.20 Å². The van der Waals surface area contributed by atoms with Gasteiger partial charge in [0.25, 0.3) is 5.91 Å². The maximum atomic E-state index is 11.8. The minimum Gasteiger partial charge on any atom is -0.352 e. The third-order valence-corrected chi connectivity index (χ3v) is 3.43. The molecular formula is C12H19N3O. The van der Waals surface area contributed by atoms with Gasteiger partial charge in [0.05, 0.1) is 11.8 Å². The summed E-state index contributed by atoms with van der Waals surface area (Å²) >= 11 is 0. The molecule has 0 radical (unpaired) electrons. The van der Waals surface area contributed by atoms with Gasteiger partial charge < -0.3 is 5.32 Å². The van der Waals surface area contributed by atoms with Gasteiger partial charge >= 0.3 is 0 Å². The van der Waals surface area contributed by atoms with Crippen LogP contribution in [0.25, 0.3) is 0 Å². The number of aryl methyl sites for hydroxylation is 1. The Morgan fingerprint density at radius 3 is 3.00 bits per heavy atom. The Hall–Kier alpha value is -1.32. The van der Waals surface area contributed by atoms with Gasteiger partial charge in [-0.2, -0.15) is 5.10 Å². The van der Waals surface area contributed by atoms with Crippen LogP contribution < -0.4 is 5.32 Å². The molecule has 4 nitrogen and oxygen atoms in total. The predicted octanol–water partition coefficient (Wildman–Crippen LogP) is 1.88. The Morgan fingerprint density at radius 1 is 1.62 bits per heavy atom. The van der Waals surface area contributed by atoms with E-state index in [1.807, 2.05) is 6.92 Å². The number of hydrogen-bond donors (Lipinski definition) is 2. The molecule has 1 aromatic heterocycles. The zero-order valence-electron chi connectivity index (χ0n) is 9.92. The van der Waals surface area contributed by atoms with Crippen LogP contribution in [0.5, 0.6) is 0 Å². The number of amides is 1. The SMILES string of the molecule is Cc1[nH]ncc1C(=O)NCC1CCC(C)C1. The fourth-order valence-electron chi connectivity index (χ4n) is 2.42. The smallest absolute Gasteiger partial charge is 0.254 e. The van der Waals surface area contributed by atoms with Crippen molar-refractivity contribution < 1.29 is 4.79 Å². The van der Waals surface area contributed by atoms with Crippen LogP contribution in [0, 0.1) is 18.8 Å². The number of aromatic amines is 1. The van der Waals surface area contributed by atoms with Crippen molar-refractivity contribution in [1.82, 2.24) is 15.5 Å². The van der Waals surface area contributed by atoms with Crippen LogP contribution in [0.2, 0.25) is 0 Å². The normalized spacial score (nSPS) is 24.6. The van der Waals surface area contributed by atoms with Crippen LogP contribution in [-0.4, -0.2) is 22.6 Å². The molecule has 2 atom stereocenters. The van der Waals surface area contributed by atoms with E-state index in [9.17, 15) is 4.79 Å². The van der Waals surface area contributed by atoms with Crippen molar-refractivity contribution in [2.24, 2.45) is 11.8 Å². The molecule has 0 aromatic carbocycles. The number of H-pyrrole nitrogens is 1. The zero-order chi connectivity index (χ0) is 11.5. The van der Waals surface area contributed by atoms with Gasteiger partial charge in [0, 0.05) is 12.2 Å². The molecule has 0 bridgehead atoms. The molecule has 1 aromatic rings. The molecule has 0 aliphatic heterocycles. The van der Waals surface area contributed by atoms with Crippen LogP contribution in [-0.2, 0) is 0 Å². The van der Waals surface area contributed by atoms with E-state index in [0.29, 0.717) is 11.5 Å². The molecule has 1 heterocycles. The molecule has 2 rings (SSSR count). The van der Waals surface area contributed by atoms with Crippen molar-refractivity contribution >= 4 is 5.91 Å². The Balaban J connectivity index is 1.82. The summed E-state index contributed by atoms with van der Waals surface area (Å²) in [6.07, 6.45) is 5.36. The van der Waals surface area contributed by atoms with Crippen molar-refractivity contribution in [1.29, 1.82) is 0 Å². The summed E-state index contributed by atoms with van der Waals surface area (Å²) in [6.45, 7) is 4.94. The number of nitrogens with one attached hydrogen (secondary N) is 2. The second-order valence-corrected chi connectivity index (χ2v) is 4.90. The molecule has 1 amide bonds. The number of carbonyl (C=O) groups is 1. The van der Waals surface area contributed by atoms with Gasteiger partial charge in [0.1, 0.15) is 0 Å².